The fraction of sp³-hybridized carbons (Fsp3) is 0.385. The third-order valence-electron chi connectivity index (χ3n) is 6.99. The maximum absolute atomic E-state index is 13.9. The van der Waals surface area contributed by atoms with Gasteiger partial charge in [-0.05, 0) is 37.0 Å². The number of carbonyl (C=O) groups excluding carboxylic acids is 1. The zero-order valence-electron chi connectivity index (χ0n) is 20.4. The zero-order chi connectivity index (χ0) is 26.3. The number of nitrogens with two attached hydrogens (primary N) is 1. The van der Waals surface area contributed by atoms with E-state index in [-0.39, 0.29) is 29.5 Å². The number of allylic oxidation sites excluding steroid dienone is 4. The molecule has 9 nitrogen and oxygen atoms in total. The Morgan fingerprint density at radius 3 is 2.76 bits per heavy atom. The first kappa shape index (κ1) is 25.7. The van der Waals surface area contributed by atoms with Gasteiger partial charge in [-0.15, -0.1) is 0 Å². The molecule has 1 fully saturated rings. The number of fused-ring (bicyclic) bond motifs is 1. The molecule has 2 atom stereocenters. The number of nitrogens with zero attached hydrogens (tertiary/aromatic N) is 5. The average Bonchev–Trinajstić information content (AvgIpc) is 3.26. The van der Waals surface area contributed by atoms with Gasteiger partial charge in [-0.2, -0.15) is 4.98 Å². The number of halogens is 2. The Balaban J connectivity index is 1.66. The summed E-state index contributed by atoms with van der Waals surface area (Å²) in [7, 11) is 1.58. The zero-order valence-corrected chi connectivity index (χ0v) is 22.8. The van der Waals surface area contributed by atoms with Crippen LogP contribution in [0.2, 0.25) is 0 Å². The van der Waals surface area contributed by atoms with E-state index >= 15 is 0 Å². The number of ketones is 1. The highest BCUT2D eigenvalue weighted by Crippen LogP contribution is 2.26. The van der Waals surface area contributed by atoms with Crippen molar-refractivity contribution in [1.29, 1.82) is 0 Å². The number of imidazole rings is 1. The number of carbonyl (C=O) groups is 1. The Labute approximate surface area is 227 Å². The van der Waals surface area contributed by atoms with Crippen molar-refractivity contribution in [3.05, 3.63) is 78.4 Å². The van der Waals surface area contributed by atoms with Crippen molar-refractivity contribution in [2.45, 2.75) is 38.4 Å². The minimum absolute atomic E-state index is 0.00649. The van der Waals surface area contributed by atoms with Gasteiger partial charge in [0.1, 0.15) is 0 Å². The second-order valence-electron chi connectivity index (χ2n) is 9.61. The summed E-state index contributed by atoms with van der Waals surface area (Å²) in [5.41, 5.74) is 6.65. The van der Waals surface area contributed by atoms with E-state index in [1.54, 1.807) is 19.2 Å². The van der Waals surface area contributed by atoms with Crippen molar-refractivity contribution in [3.8, 4) is 0 Å². The van der Waals surface area contributed by atoms with Crippen LogP contribution in [0.1, 0.15) is 24.8 Å². The lowest BCUT2D eigenvalue weighted by Crippen LogP contribution is -2.44. The van der Waals surface area contributed by atoms with Crippen LogP contribution in [0.15, 0.2) is 61.6 Å². The van der Waals surface area contributed by atoms with Crippen molar-refractivity contribution in [1.82, 2.24) is 18.7 Å². The number of rotatable bonds is 6. The van der Waals surface area contributed by atoms with E-state index in [2.05, 4.69) is 20.8 Å². The molecule has 3 heterocycles. The van der Waals surface area contributed by atoms with Crippen LogP contribution in [0.5, 0.6) is 0 Å². The lowest BCUT2D eigenvalue weighted by Gasteiger charge is -2.32. The van der Waals surface area contributed by atoms with Gasteiger partial charge < -0.3 is 10.6 Å². The third-order valence-corrected chi connectivity index (χ3v) is 8.02. The Morgan fingerprint density at radius 2 is 2.03 bits per heavy atom. The van der Waals surface area contributed by atoms with E-state index in [9.17, 15) is 14.4 Å². The SMILES string of the molecule is Cn1c(=O)n(CC(=O)C2C=C(Cl)C=CC2)c(=O)c2c1nc(N1CCCC(N)C1)n2Cc1ccccc1Br. The predicted molar refractivity (Wildman–Crippen MR) is 148 cm³/mol. The smallest absolute Gasteiger partial charge is 0.332 e. The normalized spacial score (nSPS) is 19.9. The summed E-state index contributed by atoms with van der Waals surface area (Å²) in [6.07, 6.45) is 7.51. The molecule has 2 N–H and O–H groups in total. The molecule has 1 aromatic carbocycles. The summed E-state index contributed by atoms with van der Waals surface area (Å²) in [5.74, 6) is -0.148. The average molecular weight is 588 g/mol. The molecule has 2 aliphatic rings. The summed E-state index contributed by atoms with van der Waals surface area (Å²) < 4.78 is 5.09. The number of aryl methyl sites for hydroxylation is 1. The summed E-state index contributed by atoms with van der Waals surface area (Å²) in [4.78, 5) is 47.1. The fourth-order valence-electron chi connectivity index (χ4n) is 5.02. The minimum atomic E-state index is -0.584. The molecule has 2 aromatic heterocycles. The molecule has 1 aliphatic heterocycles. The molecule has 0 spiro atoms. The van der Waals surface area contributed by atoms with Crippen LogP contribution < -0.4 is 21.9 Å². The van der Waals surface area contributed by atoms with Gasteiger partial charge in [0.05, 0.1) is 13.1 Å². The van der Waals surface area contributed by atoms with Crippen molar-refractivity contribution in [3.63, 3.8) is 0 Å². The molecular weight excluding hydrogens is 560 g/mol. The summed E-state index contributed by atoms with van der Waals surface area (Å²) >= 11 is 9.69. The third kappa shape index (κ3) is 4.97. The first-order valence-electron chi connectivity index (χ1n) is 12.2. The van der Waals surface area contributed by atoms with Gasteiger partial charge in [0.2, 0.25) is 5.95 Å². The van der Waals surface area contributed by atoms with Crippen LogP contribution in [0, 0.1) is 5.92 Å². The Morgan fingerprint density at radius 1 is 1.24 bits per heavy atom. The topological polar surface area (TPSA) is 108 Å². The van der Waals surface area contributed by atoms with Crippen molar-refractivity contribution in [2.24, 2.45) is 18.7 Å². The molecular formula is C26H28BrClN6O3. The first-order valence-corrected chi connectivity index (χ1v) is 13.4. The first-order chi connectivity index (χ1) is 17.7. The molecule has 0 radical (unpaired) electrons. The molecule has 1 aliphatic carbocycles. The molecule has 3 aromatic rings. The van der Waals surface area contributed by atoms with Crippen LogP contribution >= 0.6 is 27.5 Å². The van der Waals surface area contributed by atoms with Gasteiger partial charge in [-0.25, -0.2) is 4.79 Å². The maximum atomic E-state index is 13.9. The molecule has 1 saturated heterocycles. The number of aromatic nitrogens is 4. The number of Topliss-reactive ketones (excluding diaryl/α,β-unsaturated/α-hetero) is 1. The van der Waals surface area contributed by atoms with Crippen LogP contribution in [0.25, 0.3) is 11.2 Å². The molecule has 37 heavy (non-hydrogen) atoms. The van der Waals surface area contributed by atoms with Gasteiger partial charge in [-0.1, -0.05) is 57.9 Å². The highest BCUT2D eigenvalue weighted by Gasteiger charge is 2.28. The van der Waals surface area contributed by atoms with E-state index in [1.807, 2.05) is 34.9 Å². The van der Waals surface area contributed by atoms with Gasteiger partial charge in [-0.3, -0.25) is 23.3 Å². The number of piperidine rings is 1. The molecule has 194 valence electrons. The van der Waals surface area contributed by atoms with Crippen molar-refractivity contribution >= 4 is 50.4 Å². The monoisotopic (exact) mass is 586 g/mol. The Bertz CT molecular complexity index is 1550. The van der Waals surface area contributed by atoms with Crippen LogP contribution in [-0.4, -0.2) is 43.6 Å². The van der Waals surface area contributed by atoms with E-state index in [4.69, 9.17) is 22.3 Å². The second kappa shape index (κ2) is 10.4. The van der Waals surface area contributed by atoms with Crippen molar-refractivity contribution in [2.75, 3.05) is 18.0 Å². The lowest BCUT2D eigenvalue weighted by molar-refractivity contribution is -0.122. The number of hydrogen-bond acceptors (Lipinski definition) is 6. The molecule has 2 unspecified atom stereocenters. The maximum Gasteiger partial charge on any atom is 0.332 e. The molecule has 11 heteroatoms. The minimum Gasteiger partial charge on any atom is -0.341 e. The predicted octanol–water partition coefficient (Wildman–Crippen LogP) is 2.90. The van der Waals surface area contributed by atoms with E-state index in [0.717, 1.165) is 34.0 Å². The van der Waals surface area contributed by atoms with E-state index < -0.39 is 17.2 Å². The van der Waals surface area contributed by atoms with Gasteiger partial charge in [0.15, 0.2) is 16.9 Å². The van der Waals surface area contributed by atoms with E-state index in [1.165, 1.54) is 4.57 Å². The number of hydrogen-bond donors (Lipinski definition) is 1. The van der Waals surface area contributed by atoms with Gasteiger partial charge in [0.25, 0.3) is 5.56 Å². The quantitative estimate of drug-likeness (QED) is 0.475. The van der Waals surface area contributed by atoms with Crippen LogP contribution in [-0.2, 0) is 24.9 Å². The standard InChI is InChI=1S/C26H28BrClN6O3/c1-31-23-22(24(36)34(26(31)37)15-21(35)16-7-4-8-18(28)12-16)33(13-17-6-2-3-10-20(17)27)25(30-23)32-11-5-9-19(29)14-32/h2-4,6,8,10,12,16,19H,5,7,9,11,13-15,29H2,1H3. The van der Waals surface area contributed by atoms with Gasteiger partial charge in [0, 0.05) is 41.6 Å². The largest absolute Gasteiger partial charge is 0.341 e. The molecule has 0 saturated carbocycles. The Kier molecular flexibility index (Phi) is 7.24. The molecule has 5 rings (SSSR count). The fourth-order valence-corrected chi connectivity index (χ4v) is 5.67. The lowest BCUT2D eigenvalue weighted by atomic mass is 9.96. The summed E-state index contributed by atoms with van der Waals surface area (Å²) in [6, 6.07) is 7.76. The van der Waals surface area contributed by atoms with Gasteiger partial charge >= 0.3 is 5.69 Å². The van der Waals surface area contributed by atoms with Crippen LogP contribution in [0.4, 0.5) is 5.95 Å². The highest BCUT2D eigenvalue weighted by molar-refractivity contribution is 9.10. The molecule has 0 bridgehead atoms. The second-order valence-corrected chi connectivity index (χ2v) is 10.9. The van der Waals surface area contributed by atoms with Crippen molar-refractivity contribution < 1.29 is 4.79 Å². The van der Waals surface area contributed by atoms with E-state index in [0.29, 0.717) is 30.5 Å². The Hall–Kier alpha value is -2.95. The summed E-state index contributed by atoms with van der Waals surface area (Å²) in [5, 5.41) is 0.469. The number of anilines is 1. The number of benzene rings is 1. The summed E-state index contributed by atoms with van der Waals surface area (Å²) in [6.45, 7) is 1.36. The molecule has 0 amide bonds. The van der Waals surface area contributed by atoms with Crippen LogP contribution in [0.3, 0.4) is 0 Å². The highest BCUT2D eigenvalue weighted by atomic mass is 79.9.